The highest BCUT2D eigenvalue weighted by Crippen LogP contribution is 2.23. The van der Waals surface area contributed by atoms with Crippen molar-refractivity contribution in [2.45, 2.75) is 11.4 Å². The first-order valence-electron chi connectivity index (χ1n) is 11.2. The maximum atomic E-state index is 13.3. The molecular formula is C29H26N2O3S. The third kappa shape index (κ3) is 6.52. The number of thioether (sulfide) groups is 1. The lowest BCUT2D eigenvalue weighted by molar-refractivity contribution is -0.120. The summed E-state index contributed by atoms with van der Waals surface area (Å²) in [5, 5.41) is 2.91. The van der Waals surface area contributed by atoms with Crippen LogP contribution >= 0.6 is 11.8 Å². The first-order chi connectivity index (χ1) is 17.1. The number of nitrogens with zero attached hydrogens (tertiary/aromatic N) is 1. The van der Waals surface area contributed by atoms with E-state index in [1.54, 1.807) is 40.9 Å². The van der Waals surface area contributed by atoms with Crippen LogP contribution in [-0.4, -0.2) is 24.7 Å². The van der Waals surface area contributed by atoms with Crippen LogP contribution in [0.4, 0.5) is 11.4 Å². The largest absolute Gasteiger partial charge is 0.483 e. The number of hydrogen-bond acceptors (Lipinski definition) is 4. The van der Waals surface area contributed by atoms with Crippen LogP contribution in [0.5, 0.6) is 5.75 Å². The van der Waals surface area contributed by atoms with E-state index in [0.29, 0.717) is 23.5 Å². The summed E-state index contributed by atoms with van der Waals surface area (Å²) >= 11 is 1.60. The number of para-hydroxylation sites is 2. The standard InChI is InChI=1S/C29H26N2O3S/c1-35-25-16-10-13-23(19-25)30-29(33)26-17-8-9-18-27(26)34-21-28(32)31(24-14-6-3-7-15-24)20-22-11-4-2-5-12-22/h2-19H,20-21H2,1H3,(H,30,33). The summed E-state index contributed by atoms with van der Waals surface area (Å²) in [6.07, 6.45) is 1.98. The van der Waals surface area contributed by atoms with Gasteiger partial charge in [-0.15, -0.1) is 11.8 Å². The zero-order chi connectivity index (χ0) is 24.5. The van der Waals surface area contributed by atoms with Crippen molar-refractivity contribution in [3.05, 3.63) is 120 Å². The Morgan fingerprint density at radius 2 is 1.51 bits per heavy atom. The van der Waals surface area contributed by atoms with Gasteiger partial charge in [-0.3, -0.25) is 9.59 Å². The molecule has 0 saturated carbocycles. The second kappa shape index (κ2) is 11.9. The average molecular weight is 483 g/mol. The van der Waals surface area contributed by atoms with Crippen LogP contribution < -0.4 is 15.0 Å². The van der Waals surface area contributed by atoms with Gasteiger partial charge in [-0.2, -0.15) is 0 Å². The summed E-state index contributed by atoms with van der Waals surface area (Å²) in [6.45, 7) is 0.217. The molecule has 0 aromatic heterocycles. The lowest BCUT2D eigenvalue weighted by Gasteiger charge is -2.23. The molecule has 0 radical (unpaired) electrons. The molecule has 4 rings (SSSR count). The smallest absolute Gasteiger partial charge is 0.265 e. The molecule has 6 heteroatoms. The molecule has 4 aromatic carbocycles. The topological polar surface area (TPSA) is 58.6 Å². The van der Waals surface area contributed by atoms with E-state index in [9.17, 15) is 9.59 Å². The number of carbonyl (C=O) groups is 2. The predicted molar refractivity (Wildman–Crippen MR) is 142 cm³/mol. The maximum absolute atomic E-state index is 13.3. The minimum absolute atomic E-state index is 0.200. The molecule has 0 fully saturated rings. The van der Waals surface area contributed by atoms with E-state index in [0.717, 1.165) is 16.1 Å². The first kappa shape index (κ1) is 24.1. The molecule has 0 aliphatic rings. The number of carbonyl (C=O) groups excluding carboxylic acids is 2. The van der Waals surface area contributed by atoms with Gasteiger partial charge in [0.05, 0.1) is 12.1 Å². The summed E-state index contributed by atoms with van der Waals surface area (Å²) in [5.41, 5.74) is 2.86. The van der Waals surface area contributed by atoms with Gasteiger partial charge in [-0.05, 0) is 54.3 Å². The molecule has 5 nitrogen and oxygen atoms in total. The third-order valence-corrected chi connectivity index (χ3v) is 6.09. The summed E-state index contributed by atoms with van der Waals surface area (Å²) in [5.74, 6) is -0.148. The van der Waals surface area contributed by atoms with Crippen LogP contribution in [0.25, 0.3) is 0 Å². The van der Waals surface area contributed by atoms with E-state index < -0.39 is 0 Å². The van der Waals surface area contributed by atoms with E-state index in [4.69, 9.17) is 4.74 Å². The zero-order valence-corrected chi connectivity index (χ0v) is 20.2. The van der Waals surface area contributed by atoms with Crippen LogP contribution in [0.3, 0.4) is 0 Å². The average Bonchev–Trinajstić information content (AvgIpc) is 2.91. The Balaban J connectivity index is 1.49. The van der Waals surface area contributed by atoms with Crippen LogP contribution in [0, 0.1) is 0 Å². The molecule has 4 aromatic rings. The van der Waals surface area contributed by atoms with Gasteiger partial charge in [-0.25, -0.2) is 0 Å². The molecule has 0 aliphatic heterocycles. The van der Waals surface area contributed by atoms with Crippen molar-refractivity contribution in [2.24, 2.45) is 0 Å². The molecule has 0 aliphatic carbocycles. The molecule has 0 unspecified atom stereocenters. The third-order valence-electron chi connectivity index (χ3n) is 5.36. The molecule has 0 heterocycles. The molecule has 0 saturated heterocycles. The summed E-state index contributed by atoms with van der Waals surface area (Å²) < 4.78 is 5.89. The van der Waals surface area contributed by atoms with Crippen molar-refractivity contribution in [1.82, 2.24) is 0 Å². The fourth-order valence-electron chi connectivity index (χ4n) is 3.59. The molecule has 0 atom stereocenters. The predicted octanol–water partition coefficient (Wildman–Crippen LogP) is 6.27. The SMILES string of the molecule is CSc1cccc(NC(=O)c2ccccc2OCC(=O)N(Cc2ccccc2)c2ccccc2)c1. The van der Waals surface area contributed by atoms with E-state index >= 15 is 0 Å². The number of rotatable bonds is 9. The van der Waals surface area contributed by atoms with Gasteiger partial charge in [0.25, 0.3) is 11.8 Å². The van der Waals surface area contributed by atoms with Crippen LogP contribution in [0.15, 0.2) is 114 Å². The number of amides is 2. The van der Waals surface area contributed by atoms with Crippen molar-refractivity contribution in [2.75, 3.05) is 23.1 Å². The Bertz CT molecular complexity index is 1280. The molecule has 0 bridgehead atoms. The molecule has 176 valence electrons. The minimum atomic E-state index is -0.296. The summed E-state index contributed by atoms with van der Waals surface area (Å²) in [7, 11) is 0. The van der Waals surface area contributed by atoms with Gasteiger partial charge in [0.1, 0.15) is 5.75 Å². The van der Waals surface area contributed by atoms with E-state index in [1.165, 1.54) is 0 Å². The maximum Gasteiger partial charge on any atom is 0.265 e. The molecule has 1 N–H and O–H groups in total. The Morgan fingerprint density at radius 3 is 2.26 bits per heavy atom. The number of benzene rings is 4. The van der Waals surface area contributed by atoms with Gasteiger partial charge < -0.3 is 15.0 Å². The van der Waals surface area contributed by atoms with E-state index in [2.05, 4.69) is 5.32 Å². The molecular weight excluding hydrogens is 456 g/mol. The zero-order valence-electron chi connectivity index (χ0n) is 19.4. The van der Waals surface area contributed by atoms with Gasteiger partial charge in [0, 0.05) is 16.3 Å². The number of hydrogen-bond donors (Lipinski definition) is 1. The van der Waals surface area contributed by atoms with Crippen LogP contribution in [-0.2, 0) is 11.3 Å². The lowest BCUT2D eigenvalue weighted by atomic mass is 10.1. The number of ether oxygens (including phenoxy) is 1. The monoisotopic (exact) mass is 482 g/mol. The highest BCUT2D eigenvalue weighted by molar-refractivity contribution is 7.98. The van der Waals surface area contributed by atoms with Crippen molar-refractivity contribution < 1.29 is 14.3 Å². The molecule has 35 heavy (non-hydrogen) atoms. The Hall–Kier alpha value is -4.03. The Kier molecular flexibility index (Phi) is 8.20. The van der Waals surface area contributed by atoms with Crippen LogP contribution in [0.1, 0.15) is 15.9 Å². The van der Waals surface area contributed by atoms with Crippen molar-refractivity contribution in [3.8, 4) is 5.75 Å². The fraction of sp³-hybridized carbons (Fsp3) is 0.103. The van der Waals surface area contributed by atoms with Crippen molar-refractivity contribution in [1.29, 1.82) is 0 Å². The van der Waals surface area contributed by atoms with Gasteiger partial charge in [0.15, 0.2) is 6.61 Å². The number of nitrogens with one attached hydrogen (secondary N) is 1. The van der Waals surface area contributed by atoms with Crippen LogP contribution in [0.2, 0.25) is 0 Å². The summed E-state index contributed by atoms with van der Waals surface area (Å²) in [6, 6.07) is 33.9. The highest BCUT2D eigenvalue weighted by Gasteiger charge is 2.19. The summed E-state index contributed by atoms with van der Waals surface area (Å²) in [4.78, 5) is 29.0. The van der Waals surface area contributed by atoms with Gasteiger partial charge in [0.2, 0.25) is 0 Å². The molecule has 0 spiro atoms. The number of anilines is 2. The van der Waals surface area contributed by atoms with Crippen molar-refractivity contribution in [3.63, 3.8) is 0 Å². The second-order valence-electron chi connectivity index (χ2n) is 7.77. The minimum Gasteiger partial charge on any atom is -0.483 e. The quantitative estimate of drug-likeness (QED) is 0.286. The fourth-order valence-corrected chi connectivity index (χ4v) is 4.05. The Labute approximate surface area is 209 Å². The Morgan fingerprint density at radius 1 is 0.829 bits per heavy atom. The highest BCUT2D eigenvalue weighted by atomic mass is 32.2. The first-order valence-corrected chi connectivity index (χ1v) is 12.4. The lowest BCUT2D eigenvalue weighted by Crippen LogP contribution is -2.34. The van der Waals surface area contributed by atoms with E-state index in [-0.39, 0.29) is 18.4 Å². The van der Waals surface area contributed by atoms with E-state index in [1.807, 2.05) is 91.2 Å². The van der Waals surface area contributed by atoms with Crippen molar-refractivity contribution >= 4 is 35.0 Å². The molecule has 2 amide bonds. The van der Waals surface area contributed by atoms with Gasteiger partial charge >= 0.3 is 0 Å². The second-order valence-corrected chi connectivity index (χ2v) is 8.65. The normalized spacial score (nSPS) is 10.4. The van der Waals surface area contributed by atoms with Gasteiger partial charge in [-0.1, -0.05) is 66.7 Å².